The summed E-state index contributed by atoms with van der Waals surface area (Å²) in [6, 6.07) is 3.92. The lowest BCUT2D eigenvalue weighted by atomic mass is 10.0. The van der Waals surface area contributed by atoms with Crippen LogP contribution in [0.1, 0.15) is 30.3 Å². The summed E-state index contributed by atoms with van der Waals surface area (Å²) in [5.41, 5.74) is 0. The lowest BCUT2D eigenvalue weighted by Crippen LogP contribution is -2.41. The van der Waals surface area contributed by atoms with Gasteiger partial charge in [-0.25, -0.2) is 9.78 Å². The summed E-state index contributed by atoms with van der Waals surface area (Å²) < 4.78 is 0. The maximum Gasteiger partial charge on any atom is 0.324 e. The van der Waals surface area contributed by atoms with Crippen LogP contribution >= 0.6 is 34.0 Å². The van der Waals surface area contributed by atoms with Crippen molar-refractivity contribution in [2.45, 2.75) is 25.3 Å². The molecule has 1 N–H and O–H groups in total. The fourth-order valence-corrected chi connectivity index (χ4v) is 5.08. The third-order valence-corrected chi connectivity index (χ3v) is 6.63. The Morgan fingerprint density at radius 3 is 3.00 bits per heavy atom. The van der Waals surface area contributed by atoms with Crippen molar-refractivity contribution >= 4 is 45.2 Å². The molecule has 0 aromatic carbocycles. The van der Waals surface area contributed by atoms with Crippen LogP contribution in [0.25, 0.3) is 9.88 Å². The monoisotopic (exact) mass is 377 g/mol. The molecule has 6 nitrogen and oxygen atoms in total. The van der Waals surface area contributed by atoms with Gasteiger partial charge in [0.05, 0.1) is 10.9 Å². The van der Waals surface area contributed by atoms with Crippen LogP contribution in [-0.4, -0.2) is 32.7 Å². The van der Waals surface area contributed by atoms with Crippen molar-refractivity contribution in [3.8, 4) is 9.88 Å². The van der Waals surface area contributed by atoms with Crippen molar-refractivity contribution in [2.24, 2.45) is 0 Å². The molecule has 4 heterocycles. The molecule has 2 amide bonds. The molecule has 1 atom stereocenters. The van der Waals surface area contributed by atoms with E-state index in [-0.39, 0.29) is 12.1 Å². The first-order valence-electron chi connectivity index (χ1n) is 7.65. The molecule has 0 spiro atoms. The van der Waals surface area contributed by atoms with E-state index in [1.807, 2.05) is 27.8 Å². The molecule has 0 saturated carbocycles. The number of rotatable bonds is 3. The fraction of sp³-hybridized carbons (Fsp3) is 0.333. The first-order chi connectivity index (χ1) is 11.8. The number of aromatic nitrogens is 3. The van der Waals surface area contributed by atoms with Crippen LogP contribution in [0, 0.1) is 0 Å². The lowest BCUT2D eigenvalue weighted by molar-refractivity contribution is 0.163. The van der Waals surface area contributed by atoms with Crippen molar-refractivity contribution < 1.29 is 4.79 Å². The summed E-state index contributed by atoms with van der Waals surface area (Å²) in [6.45, 7) is 0.743. The van der Waals surface area contributed by atoms with Gasteiger partial charge in [0.1, 0.15) is 5.01 Å². The van der Waals surface area contributed by atoms with Crippen LogP contribution in [0.2, 0.25) is 0 Å². The molecule has 1 saturated heterocycles. The van der Waals surface area contributed by atoms with Gasteiger partial charge in [-0.2, -0.15) is 0 Å². The number of urea groups is 1. The number of thiophene rings is 1. The Labute approximate surface area is 151 Å². The minimum absolute atomic E-state index is 0.0587. The Balaban J connectivity index is 1.48. The molecule has 0 radical (unpaired) electrons. The van der Waals surface area contributed by atoms with E-state index in [1.54, 1.807) is 28.9 Å². The molecule has 1 aliphatic rings. The summed E-state index contributed by atoms with van der Waals surface area (Å²) in [5, 5.41) is 17.5. The van der Waals surface area contributed by atoms with E-state index in [9.17, 15) is 4.79 Å². The van der Waals surface area contributed by atoms with Gasteiger partial charge in [0.2, 0.25) is 5.13 Å². The van der Waals surface area contributed by atoms with E-state index < -0.39 is 0 Å². The molecule has 3 aromatic rings. The zero-order valence-corrected chi connectivity index (χ0v) is 15.2. The summed E-state index contributed by atoms with van der Waals surface area (Å²) in [6.07, 6.45) is 4.89. The highest BCUT2D eigenvalue weighted by Crippen LogP contribution is 2.33. The molecule has 0 bridgehead atoms. The molecule has 9 heteroatoms. The van der Waals surface area contributed by atoms with Crippen molar-refractivity contribution in [2.75, 3.05) is 11.9 Å². The number of hydrogen-bond donors (Lipinski definition) is 1. The van der Waals surface area contributed by atoms with E-state index in [0.29, 0.717) is 5.13 Å². The van der Waals surface area contributed by atoms with Gasteiger partial charge in [0.15, 0.2) is 5.01 Å². The van der Waals surface area contributed by atoms with Gasteiger partial charge in [-0.05, 0) is 30.7 Å². The molecule has 1 aliphatic heterocycles. The minimum atomic E-state index is -0.122. The topological polar surface area (TPSA) is 71.0 Å². The normalized spacial score (nSPS) is 17.8. The smallest absolute Gasteiger partial charge is 0.315 e. The minimum Gasteiger partial charge on any atom is -0.315 e. The zero-order valence-electron chi connectivity index (χ0n) is 12.7. The molecular weight excluding hydrogens is 362 g/mol. The highest BCUT2D eigenvalue weighted by atomic mass is 32.1. The fourth-order valence-electron chi connectivity index (χ4n) is 2.77. The third-order valence-electron chi connectivity index (χ3n) is 3.87. The number of hydrogen-bond acceptors (Lipinski definition) is 7. The highest BCUT2D eigenvalue weighted by molar-refractivity contribution is 7.23. The second-order valence-electron chi connectivity index (χ2n) is 5.40. The van der Waals surface area contributed by atoms with E-state index in [4.69, 9.17) is 0 Å². The van der Waals surface area contributed by atoms with Crippen molar-refractivity contribution in [3.63, 3.8) is 0 Å². The van der Waals surface area contributed by atoms with Crippen molar-refractivity contribution in [3.05, 3.63) is 34.1 Å². The van der Waals surface area contributed by atoms with Gasteiger partial charge in [-0.15, -0.1) is 32.9 Å². The number of thiazole rings is 1. The lowest BCUT2D eigenvalue weighted by Gasteiger charge is -2.34. The third kappa shape index (κ3) is 3.19. The molecule has 4 rings (SSSR count). The summed E-state index contributed by atoms with van der Waals surface area (Å²) >= 11 is 4.61. The largest absolute Gasteiger partial charge is 0.324 e. The molecule has 1 fully saturated rings. The van der Waals surface area contributed by atoms with Crippen LogP contribution in [0.15, 0.2) is 29.1 Å². The first-order valence-corrected chi connectivity index (χ1v) is 10.2. The quantitative estimate of drug-likeness (QED) is 0.730. The van der Waals surface area contributed by atoms with Crippen LogP contribution in [0.5, 0.6) is 0 Å². The second kappa shape index (κ2) is 6.96. The molecule has 0 unspecified atom stereocenters. The molecule has 3 aromatic heterocycles. The number of nitrogens with one attached hydrogen (secondary N) is 1. The van der Waals surface area contributed by atoms with E-state index in [0.717, 1.165) is 40.7 Å². The Kier molecular flexibility index (Phi) is 4.54. The predicted octanol–water partition coefficient (Wildman–Crippen LogP) is 4.48. The zero-order chi connectivity index (χ0) is 16.4. The summed E-state index contributed by atoms with van der Waals surface area (Å²) in [4.78, 5) is 20.0. The van der Waals surface area contributed by atoms with Gasteiger partial charge in [-0.3, -0.25) is 5.32 Å². The number of likely N-dealkylation sites (tertiary alicyclic amines) is 1. The van der Waals surface area contributed by atoms with Gasteiger partial charge in [0.25, 0.3) is 0 Å². The average molecular weight is 378 g/mol. The Morgan fingerprint density at radius 2 is 2.21 bits per heavy atom. The standard InChI is InChI=1S/C15H15N5OS3/c21-15(17-14-19-18-13(24-14)11-5-3-8-22-11)20-7-2-1-4-10(20)12-16-6-9-23-12/h3,5-6,8-10H,1-2,4,7H2,(H,17,19,21)/t10-/m1/s1. The number of nitrogens with zero attached hydrogens (tertiary/aromatic N) is 4. The van der Waals surface area contributed by atoms with Crippen LogP contribution in [0.3, 0.4) is 0 Å². The summed E-state index contributed by atoms with van der Waals surface area (Å²) in [5.74, 6) is 0. The maximum atomic E-state index is 12.7. The van der Waals surface area contributed by atoms with Crippen LogP contribution in [-0.2, 0) is 0 Å². The number of carbonyl (C=O) groups is 1. The van der Waals surface area contributed by atoms with E-state index in [2.05, 4.69) is 20.5 Å². The number of carbonyl (C=O) groups excluding carboxylic acids is 1. The SMILES string of the molecule is O=C(Nc1nnc(-c2cccs2)s1)N1CCCC[C@@H]1c1nccs1. The van der Waals surface area contributed by atoms with Gasteiger partial charge < -0.3 is 4.90 Å². The number of amides is 2. The first kappa shape index (κ1) is 15.7. The number of anilines is 1. The predicted molar refractivity (Wildman–Crippen MR) is 97.7 cm³/mol. The Hall–Kier alpha value is -1.84. The Bertz CT molecular complexity index is 799. The van der Waals surface area contributed by atoms with E-state index >= 15 is 0 Å². The Morgan fingerprint density at radius 1 is 1.25 bits per heavy atom. The van der Waals surface area contributed by atoms with E-state index in [1.165, 1.54) is 11.3 Å². The average Bonchev–Trinajstić information content (AvgIpc) is 3.36. The van der Waals surface area contributed by atoms with Crippen LogP contribution in [0.4, 0.5) is 9.93 Å². The van der Waals surface area contributed by atoms with Gasteiger partial charge >= 0.3 is 6.03 Å². The summed E-state index contributed by atoms with van der Waals surface area (Å²) in [7, 11) is 0. The highest BCUT2D eigenvalue weighted by Gasteiger charge is 2.30. The molecule has 124 valence electrons. The van der Waals surface area contributed by atoms with Gasteiger partial charge in [0, 0.05) is 18.1 Å². The molecular formula is C15H15N5OS3. The number of piperidine rings is 1. The molecule has 0 aliphatic carbocycles. The maximum absolute atomic E-state index is 12.7. The molecule has 24 heavy (non-hydrogen) atoms. The van der Waals surface area contributed by atoms with Crippen LogP contribution < -0.4 is 5.32 Å². The van der Waals surface area contributed by atoms with Gasteiger partial charge in [-0.1, -0.05) is 17.4 Å². The second-order valence-corrected chi connectivity index (χ2v) is 8.25. The van der Waals surface area contributed by atoms with Crippen molar-refractivity contribution in [1.29, 1.82) is 0 Å². The van der Waals surface area contributed by atoms with Crippen molar-refractivity contribution in [1.82, 2.24) is 20.1 Å².